The molecule has 2 rings (SSSR count). The van der Waals surface area contributed by atoms with Crippen LogP contribution in [0.2, 0.25) is 0 Å². The molecule has 5 heteroatoms. The average Bonchev–Trinajstić information content (AvgIpc) is 2.56. The zero-order chi connectivity index (χ0) is 15.9. The first kappa shape index (κ1) is 19.9. The second-order valence-corrected chi connectivity index (χ2v) is 5.85. The molecular formula is C18H30ClN3O. The molecule has 1 saturated heterocycles. The SMILES string of the molecule is CCc1ccc(C2CNCCN2CC(=O)N(CC)CC)cc1.Cl. The normalized spacial score (nSPS) is 18.3. The predicted octanol–water partition coefficient (Wildman–Crippen LogP) is 2.49. The average molecular weight is 340 g/mol. The summed E-state index contributed by atoms with van der Waals surface area (Å²) in [6, 6.07) is 9.12. The van der Waals surface area contributed by atoms with Crippen molar-refractivity contribution in [3.63, 3.8) is 0 Å². The van der Waals surface area contributed by atoms with Gasteiger partial charge in [0.2, 0.25) is 5.91 Å². The van der Waals surface area contributed by atoms with Gasteiger partial charge in [-0.25, -0.2) is 0 Å². The Bertz CT molecular complexity index is 474. The van der Waals surface area contributed by atoms with Crippen molar-refractivity contribution in [1.82, 2.24) is 15.1 Å². The van der Waals surface area contributed by atoms with E-state index in [-0.39, 0.29) is 18.3 Å². The minimum absolute atomic E-state index is 0. The molecule has 1 unspecified atom stereocenters. The number of benzene rings is 1. The van der Waals surface area contributed by atoms with Gasteiger partial charge in [-0.05, 0) is 31.4 Å². The van der Waals surface area contributed by atoms with Crippen molar-refractivity contribution in [3.8, 4) is 0 Å². The first-order chi connectivity index (χ1) is 10.7. The summed E-state index contributed by atoms with van der Waals surface area (Å²) in [5, 5.41) is 3.46. The number of rotatable bonds is 6. The van der Waals surface area contributed by atoms with Gasteiger partial charge >= 0.3 is 0 Å². The molecule has 0 aromatic heterocycles. The first-order valence-electron chi connectivity index (χ1n) is 8.50. The third kappa shape index (κ3) is 5.20. The maximum Gasteiger partial charge on any atom is 0.236 e. The van der Waals surface area contributed by atoms with Crippen LogP contribution in [0.25, 0.3) is 0 Å². The van der Waals surface area contributed by atoms with Crippen molar-refractivity contribution < 1.29 is 4.79 Å². The highest BCUT2D eigenvalue weighted by atomic mass is 35.5. The number of aryl methyl sites for hydroxylation is 1. The summed E-state index contributed by atoms with van der Waals surface area (Å²) in [7, 11) is 0. The first-order valence-corrected chi connectivity index (χ1v) is 8.50. The summed E-state index contributed by atoms with van der Waals surface area (Å²) in [6.45, 7) is 11.1. The minimum atomic E-state index is 0. The summed E-state index contributed by atoms with van der Waals surface area (Å²) in [6.07, 6.45) is 1.06. The van der Waals surface area contributed by atoms with Crippen molar-refractivity contribution in [2.45, 2.75) is 33.2 Å². The summed E-state index contributed by atoms with van der Waals surface area (Å²) < 4.78 is 0. The maximum atomic E-state index is 12.4. The van der Waals surface area contributed by atoms with Crippen LogP contribution in [0, 0.1) is 0 Å². The van der Waals surface area contributed by atoms with Crippen molar-refractivity contribution in [2.75, 3.05) is 39.3 Å². The third-order valence-electron chi connectivity index (χ3n) is 4.58. The van der Waals surface area contributed by atoms with Crippen molar-refractivity contribution in [1.29, 1.82) is 0 Å². The Kier molecular flexibility index (Phi) is 8.59. The monoisotopic (exact) mass is 339 g/mol. The number of amides is 1. The van der Waals surface area contributed by atoms with Crippen LogP contribution in [-0.2, 0) is 11.2 Å². The minimum Gasteiger partial charge on any atom is -0.342 e. The van der Waals surface area contributed by atoms with E-state index < -0.39 is 0 Å². The summed E-state index contributed by atoms with van der Waals surface area (Å²) in [5.41, 5.74) is 2.66. The third-order valence-corrected chi connectivity index (χ3v) is 4.58. The molecule has 1 atom stereocenters. The fraction of sp³-hybridized carbons (Fsp3) is 0.611. The zero-order valence-corrected chi connectivity index (χ0v) is 15.4. The van der Waals surface area contributed by atoms with Gasteiger partial charge in [-0.3, -0.25) is 9.69 Å². The van der Waals surface area contributed by atoms with Gasteiger partial charge in [0.05, 0.1) is 6.54 Å². The van der Waals surface area contributed by atoms with Gasteiger partial charge in [-0.1, -0.05) is 31.2 Å². The van der Waals surface area contributed by atoms with E-state index in [9.17, 15) is 4.79 Å². The Morgan fingerprint density at radius 3 is 2.43 bits per heavy atom. The molecule has 1 amide bonds. The smallest absolute Gasteiger partial charge is 0.236 e. The highest BCUT2D eigenvalue weighted by Crippen LogP contribution is 2.22. The highest BCUT2D eigenvalue weighted by molar-refractivity contribution is 5.85. The lowest BCUT2D eigenvalue weighted by atomic mass is 10.0. The molecule has 1 aliphatic rings. The molecule has 1 aliphatic heterocycles. The van der Waals surface area contributed by atoms with Gasteiger partial charge in [0.1, 0.15) is 0 Å². The molecule has 4 nitrogen and oxygen atoms in total. The summed E-state index contributed by atoms with van der Waals surface area (Å²) in [5.74, 6) is 0.238. The van der Waals surface area contributed by atoms with E-state index in [1.54, 1.807) is 0 Å². The molecule has 0 radical (unpaired) electrons. The van der Waals surface area contributed by atoms with Crippen LogP contribution in [0.15, 0.2) is 24.3 Å². The molecule has 1 N–H and O–H groups in total. The van der Waals surface area contributed by atoms with E-state index in [1.165, 1.54) is 11.1 Å². The van der Waals surface area contributed by atoms with Crippen molar-refractivity contribution in [3.05, 3.63) is 35.4 Å². The van der Waals surface area contributed by atoms with Crippen LogP contribution < -0.4 is 5.32 Å². The number of hydrogen-bond donors (Lipinski definition) is 1. The molecule has 0 aliphatic carbocycles. The molecule has 1 fully saturated rings. The van der Waals surface area contributed by atoms with E-state index in [4.69, 9.17) is 0 Å². The summed E-state index contributed by atoms with van der Waals surface area (Å²) in [4.78, 5) is 16.6. The molecule has 130 valence electrons. The Morgan fingerprint density at radius 2 is 1.87 bits per heavy atom. The molecule has 0 bridgehead atoms. The molecular weight excluding hydrogens is 310 g/mol. The Balaban J connectivity index is 0.00000264. The van der Waals surface area contributed by atoms with Crippen LogP contribution in [0.5, 0.6) is 0 Å². The van der Waals surface area contributed by atoms with Gasteiger partial charge < -0.3 is 10.2 Å². The number of halogens is 1. The van der Waals surface area contributed by atoms with Crippen LogP contribution in [0.4, 0.5) is 0 Å². The Morgan fingerprint density at radius 1 is 1.22 bits per heavy atom. The van der Waals surface area contributed by atoms with Gasteiger partial charge in [0.15, 0.2) is 0 Å². The van der Waals surface area contributed by atoms with Gasteiger partial charge in [-0.15, -0.1) is 12.4 Å². The quantitative estimate of drug-likeness (QED) is 0.865. The number of hydrogen-bond acceptors (Lipinski definition) is 3. The van der Waals surface area contributed by atoms with Crippen molar-refractivity contribution in [2.24, 2.45) is 0 Å². The van der Waals surface area contributed by atoms with Crippen LogP contribution in [0.1, 0.15) is 37.9 Å². The number of nitrogens with one attached hydrogen (secondary N) is 1. The second kappa shape index (κ2) is 9.91. The molecule has 1 heterocycles. The zero-order valence-electron chi connectivity index (χ0n) is 14.5. The lowest BCUT2D eigenvalue weighted by molar-refractivity contribution is -0.132. The van der Waals surface area contributed by atoms with Crippen LogP contribution in [-0.4, -0.2) is 55.0 Å². The van der Waals surface area contributed by atoms with E-state index >= 15 is 0 Å². The number of likely N-dealkylation sites (N-methyl/N-ethyl adjacent to an activating group) is 1. The van der Waals surface area contributed by atoms with Gasteiger partial charge in [0.25, 0.3) is 0 Å². The van der Waals surface area contributed by atoms with E-state index in [0.717, 1.165) is 39.1 Å². The van der Waals surface area contributed by atoms with Crippen LogP contribution >= 0.6 is 12.4 Å². The molecule has 1 aromatic rings. The standard InChI is InChI=1S/C18H29N3O.ClH/c1-4-15-7-9-16(10-8-15)17-13-19-11-12-21(17)14-18(22)20(5-2)6-3;/h7-10,17,19H,4-6,11-14H2,1-3H3;1H. The fourth-order valence-corrected chi connectivity index (χ4v) is 3.09. The molecule has 1 aromatic carbocycles. The van der Waals surface area contributed by atoms with E-state index in [2.05, 4.69) is 41.4 Å². The number of carbonyl (C=O) groups is 1. The lowest BCUT2D eigenvalue weighted by Crippen LogP contribution is -2.50. The molecule has 23 heavy (non-hydrogen) atoms. The number of piperazine rings is 1. The van der Waals surface area contributed by atoms with Crippen LogP contribution in [0.3, 0.4) is 0 Å². The second-order valence-electron chi connectivity index (χ2n) is 5.85. The topological polar surface area (TPSA) is 35.6 Å². The van der Waals surface area contributed by atoms with Crippen molar-refractivity contribution >= 4 is 18.3 Å². The number of carbonyl (C=O) groups excluding carboxylic acids is 1. The largest absolute Gasteiger partial charge is 0.342 e. The Labute approximate surface area is 146 Å². The number of nitrogens with zero attached hydrogens (tertiary/aromatic N) is 2. The lowest BCUT2D eigenvalue weighted by Gasteiger charge is -2.37. The van der Waals surface area contributed by atoms with Gasteiger partial charge in [0, 0.05) is 38.8 Å². The van der Waals surface area contributed by atoms with Gasteiger partial charge in [-0.2, -0.15) is 0 Å². The molecule has 0 spiro atoms. The fourth-order valence-electron chi connectivity index (χ4n) is 3.09. The summed E-state index contributed by atoms with van der Waals surface area (Å²) >= 11 is 0. The van der Waals surface area contributed by atoms with E-state index in [0.29, 0.717) is 12.6 Å². The van der Waals surface area contributed by atoms with E-state index in [1.807, 2.05) is 18.7 Å². The Hall–Kier alpha value is -1.10. The predicted molar refractivity (Wildman–Crippen MR) is 98.2 cm³/mol. The highest BCUT2D eigenvalue weighted by Gasteiger charge is 2.26. The molecule has 0 saturated carbocycles. The maximum absolute atomic E-state index is 12.4.